The summed E-state index contributed by atoms with van der Waals surface area (Å²) in [6.07, 6.45) is 2.17. The topological polar surface area (TPSA) is 62.3 Å². The fourth-order valence-corrected chi connectivity index (χ4v) is 2.43. The van der Waals surface area contributed by atoms with E-state index in [0.29, 0.717) is 11.6 Å². The zero-order valence-corrected chi connectivity index (χ0v) is 13.6. The van der Waals surface area contributed by atoms with Crippen molar-refractivity contribution >= 4 is 28.3 Å². The first-order valence-electron chi connectivity index (χ1n) is 6.81. The van der Waals surface area contributed by atoms with E-state index >= 15 is 0 Å². The summed E-state index contributed by atoms with van der Waals surface area (Å²) >= 11 is 1.42. The normalized spacial score (nSPS) is 10.9. The third-order valence-electron chi connectivity index (χ3n) is 2.71. The Labute approximate surface area is 124 Å². The van der Waals surface area contributed by atoms with E-state index in [0.717, 1.165) is 4.88 Å². The van der Waals surface area contributed by atoms with Crippen LogP contribution in [0.2, 0.25) is 0 Å². The van der Waals surface area contributed by atoms with E-state index in [9.17, 15) is 9.59 Å². The van der Waals surface area contributed by atoms with Crippen LogP contribution in [0.3, 0.4) is 0 Å². The van der Waals surface area contributed by atoms with E-state index < -0.39 is 0 Å². The summed E-state index contributed by atoms with van der Waals surface area (Å²) in [6, 6.07) is 0.00466. The minimum Gasteiger partial charge on any atom is -0.331 e. The molecule has 5 nitrogen and oxygen atoms in total. The van der Waals surface area contributed by atoms with Gasteiger partial charge in [0.1, 0.15) is 6.54 Å². The van der Waals surface area contributed by atoms with Gasteiger partial charge in [-0.3, -0.25) is 9.59 Å². The Kier molecular flexibility index (Phi) is 6.13. The predicted octanol–water partition coefficient (Wildman–Crippen LogP) is 2.67. The number of carbonyl (C=O) groups is 2. The van der Waals surface area contributed by atoms with Crippen molar-refractivity contribution in [3.05, 3.63) is 11.1 Å². The average molecular weight is 297 g/mol. The molecule has 1 rings (SSSR count). The van der Waals surface area contributed by atoms with Gasteiger partial charge in [0.25, 0.3) is 0 Å². The molecule has 0 unspecified atom stereocenters. The number of aryl methyl sites for hydroxylation is 1. The van der Waals surface area contributed by atoms with Gasteiger partial charge in [-0.15, -0.1) is 11.3 Å². The lowest BCUT2D eigenvalue weighted by molar-refractivity contribution is -0.137. The van der Waals surface area contributed by atoms with Crippen LogP contribution < -0.4 is 5.32 Å². The number of rotatable bonds is 6. The van der Waals surface area contributed by atoms with Crippen LogP contribution >= 0.6 is 11.3 Å². The van der Waals surface area contributed by atoms with Crippen LogP contribution in [0.25, 0.3) is 0 Å². The summed E-state index contributed by atoms with van der Waals surface area (Å²) in [5, 5.41) is 3.31. The minimum atomic E-state index is -0.204. The lowest BCUT2D eigenvalue weighted by Gasteiger charge is -2.26. The zero-order chi connectivity index (χ0) is 15.3. The van der Waals surface area contributed by atoms with Crippen LogP contribution in [0.1, 0.15) is 39.0 Å². The number of hydrogen-bond donors (Lipinski definition) is 1. The molecular formula is C14H23N3O2S. The van der Waals surface area contributed by atoms with Crippen molar-refractivity contribution in [2.24, 2.45) is 5.92 Å². The van der Waals surface area contributed by atoms with Crippen LogP contribution in [0, 0.1) is 12.8 Å². The highest BCUT2D eigenvalue weighted by Crippen LogP contribution is 2.16. The van der Waals surface area contributed by atoms with E-state index in [4.69, 9.17) is 0 Å². The maximum atomic E-state index is 12.1. The predicted molar refractivity (Wildman–Crippen MR) is 81.8 cm³/mol. The summed E-state index contributed by atoms with van der Waals surface area (Å²) in [6.45, 7) is 9.82. The number of hydrogen-bond acceptors (Lipinski definition) is 4. The first-order valence-corrected chi connectivity index (χ1v) is 7.63. The maximum absolute atomic E-state index is 12.1. The van der Waals surface area contributed by atoms with Gasteiger partial charge in [-0.05, 0) is 26.7 Å². The summed E-state index contributed by atoms with van der Waals surface area (Å²) in [7, 11) is 0. The standard InChI is InChI=1S/C14H23N3O2S/c1-9(2)6-13(19)17(10(3)4)8-12(18)16-14-15-7-11(5)20-14/h7,9-10H,6,8H2,1-5H3,(H,15,16,18). The van der Waals surface area contributed by atoms with Crippen LogP contribution in [-0.2, 0) is 9.59 Å². The van der Waals surface area contributed by atoms with E-state index in [-0.39, 0.29) is 30.3 Å². The van der Waals surface area contributed by atoms with E-state index in [1.54, 1.807) is 11.1 Å². The first-order chi connectivity index (χ1) is 9.29. The van der Waals surface area contributed by atoms with Gasteiger partial charge in [0.15, 0.2) is 5.13 Å². The van der Waals surface area contributed by atoms with Crippen molar-refractivity contribution in [2.45, 2.75) is 47.1 Å². The Morgan fingerprint density at radius 1 is 1.35 bits per heavy atom. The molecule has 0 atom stereocenters. The molecule has 0 radical (unpaired) electrons. The van der Waals surface area contributed by atoms with Crippen molar-refractivity contribution in [1.82, 2.24) is 9.88 Å². The van der Waals surface area contributed by atoms with Gasteiger partial charge in [-0.2, -0.15) is 0 Å². The van der Waals surface area contributed by atoms with Crippen LogP contribution in [0.4, 0.5) is 5.13 Å². The highest BCUT2D eigenvalue weighted by molar-refractivity contribution is 7.15. The van der Waals surface area contributed by atoms with Crippen molar-refractivity contribution in [2.75, 3.05) is 11.9 Å². The molecule has 0 saturated heterocycles. The Morgan fingerprint density at radius 3 is 2.45 bits per heavy atom. The fourth-order valence-electron chi connectivity index (χ4n) is 1.75. The van der Waals surface area contributed by atoms with Crippen molar-refractivity contribution in [1.29, 1.82) is 0 Å². The van der Waals surface area contributed by atoms with Gasteiger partial charge in [0.05, 0.1) is 0 Å². The van der Waals surface area contributed by atoms with Crippen molar-refractivity contribution < 1.29 is 9.59 Å². The van der Waals surface area contributed by atoms with E-state index in [1.165, 1.54) is 11.3 Å². The van der Waals surface area contributed by atoms with Gasteiger partial charge in [0, 0.05) is 23.5 Å². The lowest BCUT2D eigenvalue weighted by Crippen LogP contribution is -2.42. The Morgan fingerprint density at radius 2 is 2.00 bits per heavy atom. The highest BCUT2D eigenvalue weighted by Gasteiger charge is 2.21. The van der Waals surface area contributed by atoms with Crippen molar-refractivity contribution in [3.8, 4) is 0 Å². The molecule has 1 aromatic rings. The average Bonchev–Trinajstić information content (AvgIpc) is 2.70. The van der Waals surface area contributed by atoms with Gasteiger partial charge < -0.3 is 10.2 Å². The molecule has 0 spiro atoms. The molecule has 0 fully saturated rings. The molecule has 6 heteroatoms. The van der Waals surface area contributed by atoms with Crippen LogP contribution in [0.15, 0.2) is 6.20 Å². The molecule has 0 aromatic carbocycles. The molecule has 0 saturated carbocycles. The number of nitrogens with zero attached hydrogens (tertiary/aromatic N) is 2. The number of thiazole rings is 1. The summed E-state index contributed by atoms with van der Waals surface area (Å²) in [5.41, 5.74) is 0. The molecule has 0 aliphatic heterocycles. The van der Waals surface area contributed by atoms with Crippen LogP contribution in [-0.4, -0.2) is 34.3 Å². The molecule has 112 valence electrons. The van der Waals surface area contributed by atoms with Gasteiger partial charge in [0.2, 0.25) is 11.8 Å². The van der Waals surface area contributed by atoms with Crippen molar-refractivity contribution in [3.63, 3.8) is 0 Å². The second-order valence-corrected chi connectivity index (χ2v) is 6.77. The molecule has 0 bridgehead atoms. The second kappa shape index (κ2) is 7.38. The second-order valence-electron chi connectivity index (χ2n) is 5.54. The Hall–Kier alpha value is -1.43. The molecule has 20 heavy (non-hydrogen) atoms. The minimum absolute atomic E-state index is 0.00466. The molecule has 1 aromatic heterocycles. The number of nitrogens with one attached hydrogen (secondary N) is 1. The first kappa shape index (κ1) is 16.6. The molecule has 1 heterocycles. The lowest BCUT2D eigenvalue weighted by atomic mass is 10.1. The zero-order valence-electron chi connectivity index (χ0n) is 12.8. The summed E-state index contributed by atoms with van der Waals surface area (Å²) < 4.78 is 0. The number of carbonyl (C=O) groups excluding carboxylic acids is 2. The van der Waals surface area contributed by atoms with E-state index in [1.807, 2.05) is 34.6 Å². The smallest absolute Gasteiger partial charge is 0.245 e. The third-order valence-corrected chi connectivity index (χ3v) is 3.54. The molecule has 2 amide bonds. The SMILES string of the molecule is Cc1cnc(NC(=O)CN(C(=O)CC(C)C)C(C)C)s1. The Balaban J connectivity index is 2.61. The van der Waals surface area contributed by atoms with Gasteiger partial charge in [-0.1, -0.05) is 13.8 Å². The fraction of sp³-hybridized carbons (Fsp3) is 0.643. The van der Waals surface area contributed by atoms with Gasteiger partial charge in [-0.25, -0.2) is 4.98 Å². The molecule has 0 aliphatic carbocycles. The maximum Gasteiger partial charge on any atom is 0.245 e. The third kappa shape index (κ3) is 5.28. The van der Waals surface area contributed by atoms with Gasteiger partial charge >= 0.3 is 0 Å². The quantitative estimate of drug-likeness (QED) is 0.878. The monoisotopic (exact) mass is 297 g/mol. The van der Waals surface area contributed by atoms with E-state index in [2.05, 4.69) is 10.3 Å². The highest BCUT2D eigenvalue weighted by atomic mass is 32.1. The largest absolute Gasteiger partial charge is 0.331 e. The summed E-state index contributed by atoms with van der Waals surface area (Å²) in [4.78, 5) is 30.8. The molecule has 0 aliphatic rings. The van der Waals surface area contributed by atoms with Crippen LogP contribution in [0.5, 0.6) is 0 Å². The Bertz CT molecular complexity index is 469. The molecule has 1 N–H and O–H groups in total. The number of aromatic nitrogens is 1. The number of anilines is 1. The summed E-state index contributed by atoms with van der Waals surface area (Å²) in [5.74, 6) is 0.0963. The molecular weight excluding hydrogens is 274 g/mol. The number of amides is 2.